The molecule has 5 heteroatoms. The maximum absolute atomic E-state index is 11.7. The van der Waals surface area contributed by atoms with Gasteiger partial charge in [0.25, 0.3) is 0 Å². The van der Waals surface area contributed by atoms with Crippen molar-refractivity contribution in [2.75, 3.05) is 19.7 Å². The summed E-state index contributed by atoms with van der Waals surface area (Å²) in [5.74, 6) is -1.01. The van der Waals surface area contributed by atoms with Gasteiger partial charge in [0.2, 0.25) is 5.91 Å². The number of amides is 1. The Hall–Kier alpha value is -1.36. The van der Waals surface area contributed by atoms with Crippen molar-refractivity contribution in [3.8, 4) is 0 Å². The molecule has 1 saturated heterocycles. The van der Waals surface area contributed by atoms with Crippen molar-refractivity contribution in [3.63, 3.8) is 0 Å². The number of aliphatic carboxylic acids is 1. The van der Waals surface area contributed by atoms with Crippen molar-refractivity contribution in [1.29, 1.82) is 0 Å². The number of carboxylic acids is 1. The van der Waals surface area contributed by atoms with E-state index in [-0.39, 0.29) is 17.9 Å². The molecule has 0 aromatic heterocycles. The van der Waals surface area contributed by atoms with Crippen LogP contribution < -0.4 is 0 Å². The summed E-state index contributed by atoms with van der Waals surface area (Å²) in [6.07, 6.45) is 5.07. The van der Waals surface area contributed by atoms with Crippen LogP contribution in [0.3, 0.4) is 0 Å². The molecule has 0 radical (unpaired) electrons. The predicted molar refractivity (Wildman–Crippen MR) is 60.2 cm³/mol. The van der Waals surface area contributed by atoms with Crippen LogP contribution in [0.5, 0.6) is 0 Å². The van der Waals surface area contributed by atoms with Gasteiger partial charge >= 0.3 is 5.97 Å². The zero-order valence-electron chi connectivity index (χ0n) is 9.63. The first kappa shape index (κ1) is 12.1. The van der Waals surface area contributed by atoms with Crippen LogP contribution in [0.4, 0.5) is 0 Å². The Kier molecular flexibility index (Phi) is 3.19. The largest absolute Gasteiger partial charge is 0.478 e. The smallest absolute Gasteiger partial charge is 0.328 e. The van der Waals surface area contributed by atoms with Crippen molar-refractivity contribution < 1.29 is 19.8 Å². The van der Waals surface area contributed by atoms with Gasteiger partial charge in [-0.2, -0.15) is 0 Å². The highest BCUT2D eigenvalue weighted by atomic mass is 16.4. The minimum Gasteiger partial charge on any atom is -0.478 e. The molecule has 0 spiro atoms. The van der Waals surface area contributed by atoms with E-state index in [0.29, 0.717) is 19.0 Å². The summed E-state index contributed by atoms with van der Waals surface area (Å²) in [5, 5.41) is 18.0. The maximum atomic E-state index is 11.7. The molecule has 1 saturated carbocycles. The molecule has 2 rings (SSSR count). The number of rotatable bonds is 3. The van der Waals surface area contributed by atoms with Crippen LogP contribution in [-0.4, -0.2) is 46.7 Å². The molecule has 2 N–H and O–H groups in total. The molecule has 0 unspecified atom stereocenters. The summed E-state index contributed by atoms with van der Waals surface area (Å²) in [4.78, 5) is 23.7. The second-order valence-electron chi connectivity index (χ2n) is 5.00. The quantitative estimate of drug-likeness (QED) is 0.692. The van der Waals surface area contributed by atoms with Crippen LogP contribution in [0.2, 0.25) is 0 Å². The Labute approximate surface area is 99.7 Å². The van der Waals surface area contributed by atoms with E-state index in [2.05, 4.69) is 0 Å². The number of fused-ring (bicyclic) bond motifs is 1. The second kappa shape index (κ2) is 4.49. The molecule has 1 heterocycles. The van der Waals surface area contributed by atoms with Crippen molar-refractivity contribution >= 4 is 11.9 Å². The number of carbonyl (C=O) groups is 2. The van der Waals surface area contributed by atoms with Crippen LogP contribution in [0, 0.1) is 11.3 Å². The van der Waals surface area contributed by atoms with E-state index < -0.39 is 5.97 Å². The summed E-state index contributed by atoms with van der Waals surface area (Å²) in [7, 11) is 0. The molecule has 5 nitrogen and oxygen atoms in total. The maximum Gasteiger partial charge on any atom is 0.328 e. The van der Waals surface area contributed by atoms with Gasteiger partial charge in [-0.25, -0.2) is 4.79 Å². The van der Waals surface area contributed by atoms with Gasteiger partial charge in [0, 0.05) is 30.7 Å². The molecule has 1 amide bonds. The van der Waals surface area contributed by atoms with Crippen LogP contribution >= 0.6 is 0 Å². The Bertz CT molecular complexity index is 366. The highest BCUT2D eigenvalue weighted by Crippen LogP contribution is 2.48. The van der Waals surface area contributed by atoms with E-state index in [4.69, 9.17) is 5.11 Å². The average Bonchev–Trinajstić information content (AvgIpc) is 2.82. The van der Waals surface area contributed by atoms with Gasteiger partial charge in [0.1, 0.15) is 0 Å². The SMILES string of the molecule is O=C(O)/C=C/C(=O)N1C[C@H]2CCC[C@@]2(CO)C1. The first-order chi connectivity index (χ1) is 8.07. The number of likely N-dealkylation sites (tertiary alicyclic amines) is 1. The van der Waals surface area contributed by atoms with E-state index in [1.165, 1.54) is 0 Å². The van der Waals surface area contributed by atoms with Gasteiger partial charge in [0.05, 0.1) is 6.61 Å². The van der Waals surface area contributed by atoms with E-state index in [1.807, 2.05) is 0 Å². The van der Waals surface area contributed by atoms with E-state index in [0.717, 1.165) is 31.4 Å². The van der Waals surface area contributed by atoms with Gasteiger partial charge in [-0.05, 0) is 18.8 Å². The summed E-state index contributed by atoms with van der Waals surface area (Å²) in [6, 6.07) is 0. The molecule has 94 valence electrons. The average molecular weight is 239 g/mol. The highest BCUT2D eigenvalue weighted by Gasteiger charge is 2.49. The third-order valence-electron chi connectivity index (χ3n) is 4.03. The molecule has 0 bridgehead atoms. The van der Waals surface area contributed by atoms with Crippen LogP contribution in [0.25, 0.3) is 0 Å². The zero-order chi connectivity index (χ0) is 12.5. The molecule has 1 aliphatic carbocycles. The van der Waals surface area contributed by atoms with Gasteiger partial charge in [0.15, 0.2) is 0 Å². The van der Waals surface area contributed by atoms with Crippen molar-refractivity contribution in [2.45, 2.75) is 19.3 Å². The molecule has 0 aromatic carbocycles. The third kappa shape index (κ3) is 2.20. The molecular weight excluding hydrogens is 222 g/mol. The summed E-state index contributed by atoms with van der Waals surface area (Å²) in [6.45, 7) is 1.31. The first-order valence-corrected chi connectivity index (χ1v) is 5.88. The Morgan fingerprint density at radius 3 is 2.76 bits per heavy atom. The highest BCUT2D eigenvalue weighted by molar-refractivity contribution is 5.94. The summed E-state index contributed by atoms with van der Waals surface area (Å²) >= 11 is 0. The van der Waals surface area contributed by atoms with Gasteiger partial charge in [-0.3, -0.25) is 4.79 Å². The number of hydrogen-bond donors (Lipinski definition) is 2. The van der Waals surface area contributed by atoms with E-state index in [9.17, 15) is 14.7 Å². The van der Waals surface area contributed by atoms with Crippen LogP contribution in [0.15, 0.2) is 12.2 Å². The fourth-order valence-electron chi connectivity index (χ4n) is 3.09. The Morgan fingerprint density at radius 1 is 1.41 bits per heavy atom. The van der Waals surface area contributed by atoms with Crippen molar-refractivity contribution in [3.05, 3.63) is 12.2 Å². The minimum absolute atomic E-state index is 0.115. The number of carbonyl (C=O) groups excluding carboxylic acids is 1. The molecular formula is C12H17NO4. The van der Waals surface area contributed by atoms with Crippen molar-refractivity contribution in [1.82, 2.24) is 4.90 Å². The monoisotopic (exact) mass is 239 g/mol. The summed E-state index contributed by atoms with van der Waals surface area (Å²) in [5.41, 5.74) is -0.132. The topological polar surface area (TPSA) is 77.8 Å². The van der Waals surface area contributed by atoms with Crippen molar-refractivity contribution in [2.24, 2.45) is 11.3 Å². The number of aliphatic hydroxyl groups is 1. The zero-order valence-corrected chi connectivity index (χ0v) is 9.63. The Morgan fingerprint density at radius 2 is 2.18 bits per heavy atom. The molecule has 2 aliphatic rings. The number of aliphatic hydroxyl groups excluding tert-OH is 1. The second-order valence-corrected chi connectivity index (χ2v) is 5.00. The lowest BCUT2D eigenvalue weighted by molar-refractivity contribution is -0.132. The predicted octanol–water partition coefficient (Wildman–Crippen LogP) is 0.248. The standard InChI is InChI=1S/C12H17NO4/c14-8-12-5-1-2-9(12)6-13(7-12)10(15)3-4-11(16)17/h3-4,9,14H,1-2,5-8H2,(H,16,17)/b4-3+/t9-,12+/m1/s1. The van der Waals surface area contributed by atoms with Gasteiger partial charge in [-0.15, -0.1) is 0 Å². The molecule has 2 fully saturated rings. The lowest BCUT2D eigenvalue weighted by atomic mass is 9.82. The lowest BCUT2D eigenvalue weighted by Gasteiger charge is -2.25. The van der Waals surface area contributed by atoms with Crippen LogP contribution in [-0.2, 0) is 9.59 Å². The van der Waals surface area contributed by atoms with Gasteiger partial charge in [-0.1, -0.05) is 6.42 Å². The van der Waals surface area contributed by atoms with Gasteiger partial charge < -0.3 is 15.1 Å². The minimum atomic E-state index is -1.12. The molecule has 1 aliphatic heterocycles. The lowest BCUT2D eigenvalue weighted by Crippen LogP contribution is -2.33. The third-order valence-corrected chi connectivity index (χ3v) is 4.03. The first-order valence-electron chi connectivity index (χ1n) is 5.88. The summed E-state index contributed by atoms with van der Waals surface area (Å²) < 4.78 is 0. The molecule has 0 aromatic rings. The van der Waals surface area contributed by atoms with Crippen LogP contribution in [0.1, 0.15) is 19.3 Å². The fourth-order valence-corrected chi connectivity index (χ4v) is 3.09. The normalized spacial score (nSPS) is 32.1. The molecule has 2 atom stereocenters. The van der Waals surface area contributed by atoms with E-state index >= 15 is 0 Å². The number of carboxylic acid groups (broad SMARTS) is 1. The number of nitrogens with zero attached hydrogens (tertiary/aromatic N) is 1. The molecule has 17 heavy (non-hydrogen) atoms. The Balaban J connectivity index is 2.02. The number of hydrogen-bond acceptors (Lipinski definition) is 3. The van der Waals surface area contributed by atoms with E-state index in [1.54, 1.807) is 4.90 Å². The fraction of sp³-hybridized carbons (Fsp3) is 0.667.